The van der Waals surface area contributed by atoms with Crippen molar-refractivity contribution in [1.29, 1.82) is 0 Å². The molecule has 3 heterocycles. The molecule has 0 bridgehead atoms. The van der Waals surface area contributed by atoms with Gasteiger partial charge in [-0.2, -0.15) is 0 Å². The van der Waals surface area contributed by atoms with Crippen LogP contribution < -0.4 is 0 Å². The van der Waals surface area contributed by atoms with E-state index in [1.807, 2.05) is 84.9 Å². The van der Waals surface area contributed by atoms with Crippen molar-refractivity contribution in [2.75, 3.05) is 0 Å². The van der Waals surface area contributed by atoms with Crippen molar-refractivity contribution in [1.82, 2.24) is 24.1 Å². The van der Waals surface area contributed by atoms with Gasteiger partial charge in [0.15, 0.2) is 28.8 Å². The fraction of sp³-hybridized carbons (Fsp3) is 0. The number of benzene rings is 10. The maximum Gasteiger partial charge on any atom is 0.194 e. The first kappa shape index (κ1) is 41.9. The molecule has 10 aromatic carbocycles. The summed E-state index contributed by atoms with van der Waals surface area (Å²) in [5, 5.41) is 4.43. The molecule has 0 atom stereocenters. The van der Waals surface area contributed by atoms with Gasteiger partial charge < -0.3 is 9.13 Å². The molecule has 334 valence electrons. The van der Waals surface area contributed by atoms with E-state index in [1.165, 1.54) is 0 Å². The van der Waals surface area contributed by atoms with Crippen LogP contribution in [0.5, 0.6) is 0 Å². The quantitative estimate of drug-likeness (QED) is 0.143. The van der Waals surface area contributed by atoms with Gasteiger partial charge in [0.2, 0.25) is 0 Å². The first-order valence-corrected chi connectivity index (χ1v) is 23.7. The van der Waals surface area contributed by atoms with E-state index in [9.17, 15) is 0 Å². The van der Waals surface area contributed by atoms with Gasteiger partial charge in [0.25, 0.3) is 0 Å². The number of nitrogens with zero attached hydrogens (tertiary/aromatic N) is 7. The maximum absolute atomic E-state index is 8.24. The zero-order valence-corrected chi connectivity index (χ0v) is 38.6. The highest BCUT2D eigenvalue weighted by Crippen LogP contribution is 2.43. The van der Waals surface area contributed by atoms with Gasteiger partial charge in [-0.25, -0.2) is 24.6 Å². The van der Waals surface area contributed by atoms with Gasteiger partial charge in [-0.3, -0.25) is 0 Å². The lowest BCUT2D eigenvalue weighted by atomic mass is 9.99. The van der Waals surface area contributed by atoms with E-state index >= 15 is 0 Å². The zero-order valence-electron chi connectivity index (χ0n) is 38.6. The second kappa shape index (κ2) is 17.4. The molecule has 0 spiro atoms. The molecule has 3 aromatic heterocycles. The molecule has 72 heavy (non-hydrogen) atoms. The molecule has 7 nitrogen and oxygen atoms in total. The minimum Gasteiger partial charge on any atom is -0.309 e. The standard InChI is InChI=1S/C65H39N7/c1-66-48-33-37-61(71-57-28-16-13-25-50(57)53-38-45(31-35-59(53)71)42-18-6-3-7-19-42)55(41-48)65-69-63(44-22-10-5-11-23-44)68-64(70-65)52-34-30-47(49-24-12-15-27-56(49)67-2)40-62(52)72-58-29-17-14-26-51(58)54-39-46(32-36-60(54)72)43-20-8-4-9-21-43/h3-41H. The summed E-state index contributed by atoms with van der Waals surface area (Å²) in [5.41, 5.74) is 15.3. The van der Waals surface area contributed by atoms with Crippen molar-refractivity contribution in [3.05, 3.63) is 259 Å². The lowest BCUT2D eigenvalue weighted by Gasteiger charge is -2.18. The molecule has 0 N–H and O–H groups in total. The minimum absolute atomic E-state index is 0.425. The molecule has 0 fully saturated rings. The van der Waals surface area contributed by atoms with Gasteiger partial charge in [0.05, 0.1) is 46.6 Å². The molecule has 0 radical (unpaired) electrons. The Bertz CT molecular complexity index is 4350. The van der Waals surface area contributed by atoms with Gasteiger partial charge in [-0.15, -0.1) is 0 Å². The minimum atomic E-state index is 0.425. The normalized spacial score (nSPS) is 11.3. The molecule has 7 heteroatoms. The molecular weight excluding hydrogens is 879 g/mol. The van der Waals surface area contributed by atoms with Crippen LogP contribution in [0, 0.1) is 13.1 Å². The van der Waals surface area contributed by atoms with Crippen LogP contribution in [-0.2, 0) is 0 Å². The summed E-state index contributed by atoms with van der Waals surface area (Å²) >= 11 is 0. The summed E-state index contributed by atoms with van der Waals surface area (Å²) in [5.74, 6) is 1.38. The molecule has 0 unspecified atom stereocenters. The number of rotatable bonds is 8. The van der Waals surface area contributed by atoms with E-state index in [0.29, 0.717) is 34.4 Å². The fourth-order valence-electron chi connectivity index (χ4n) is 10.3. The number of para-hydroxylation sites is 3. The summed E-state index contributed by atoms with van der Waals surface area (Å²) in [6.45, 7) is 16.4. The van der Waals surface area contributed by atoms with E-state index in [-0.39, 0.29) is 0 Å². The number of hydrogen-bond donors (Lipinski definition) is 0. The van der Waals surface area contributed by atoms with E-state index in [2.05, 4.69) is 170 Å². The topological polar surface area (TPSA) is 57.2 Å². The van der Waals surface area contributed by atoms with Gasteiger partial charge in [0, 0.05) is 38.2 Å². The van der Waals surface area contributed by atoms with Crippen LogP contribution in [0.15, 0.2) is 237 Å². The molecular formula is C65H39N7. The maximum atomic E-state index is 8.24. The average Bonchev–Trinajstić information content (AvgIpc) is 3.97. The van der Waals surface area contributed by atoms with Crippen molar-refractivity contribution in [2.24, 2.45) is 0 Å². The molecule has 0 aliphatic rings. The predicted molar refractivity (Wildman–Crippen MR) is 294 cm³/mol. The molecule has 0 amide bonds. The van der Waals surface area contributed by atoms with Gasteiger partial charge in [-0.05, 0) is 94.0 Å². The third-order valence-electron chi connectivity index (χ3n) is 13.6. The van der Waals surface area contributed by atoms with Crippen molar-refractivity contribution in [3.63, 3.8) is 0 Å². The smallest absolute Gasteiger partial charge is 0.194 e. The van der Waals surface area contributed by atoms with Crippen molar-refractivity contribution in [2.45, 2.75) is 0 Å². The Labute approximate surface area is 415 Å². The lowest BCUT2D eigenvalue weighted by molar-refractivity contribution is 1.06. The van der Waals surface area contributed by atoms with E-state index in [0.717, 1.165) is 99.5 Å². The van der Waals surface area contributed by atoms with Crippen LogP contribution in [0.4, 0.5) is 11.4 Å². The average molecular weight is 918 g/mol. The SMILES string of the molecule is [C-]#[N+]c1ccc(-n2c3ccccc3c3cc(-c4ccccc4)ccc32)c(-c2nc(-c3ccccc3)nc(-c3ccc(-c4ccccc4[N+]#[C-])cc3-n3c4ccccc4c4cc(-c5ccccc5)ccc43)n2)c1. The largest absolute Gasteiger partial charge is 0.309 e. The molecule has 0 saturated carbocycles. The highest BCUT2D eigenvalue weighted by molar-refractivity contribution is 6.12. The molecule has 13 rings (SSSR count). The highest BCUT2D eigenvalue weighted by Gasteiger charge is 2.24. The van der Waals surface area contributed by atoms with E-state index < -0.39 is 0 Å². The first-order valence-electron chi connectivity index (χ1n) is 23.7. The van der Waals surface area contributed by atoms with Gasteiger partial charge in [0.1, 0.15) is 0 Å². The van der Waals surface area contributed by atoms with Gasteiger partial charge in [-0.1, -0.05) is 176 Å². The number of fused-ring (bicyclic) bond motifs is 6. The third-order valence-corrected chi connectivity index (χ3v) is 13.6. The Kier molecular flexibility index (Phi) is 10.1. The summed E-state index contributed by atoms with van der Waals surface area (Å²) in [6.07, 6.45) is 0. The van der Waals surface area contributed by atoms with Crippen LogP contribution in [0.25, 0.3) is 132 Å². The van der Waals surface area contributed by atoms with Crippen molar-refractivity contribution in [3.8, 4) is 78.9 Å². The Morgan fingerprint density at radius 1 is 0.292 bits per heavy atom. The van der Waals surface area contributed by atoms with E-state index in [1.54, 1.807) is 0 Å². The van der Waals surface area contributed by atoms with Crippen molar-refractivity contribution >= 4 is 55.0 Å². The lowest BCUT2D eigenvalue weighted by Crippen LogP contribution is -2.05. The van der Waals surface area contributed by atoms with Gasteiger partial charge >= 0.3 is 0 Å². The molecule has 0 saturated heterocycles. The van der Waals surface area contributed by atoms with Crippen LogP contribution in [0.2, 0.25) is 0 Å². The summed E-state index contributed by atoms with van der Waals surface area (Å²) in [4.78, 5) is 24.0. The monoisotopic (exact) mass is 917 g/mol. The fourth-order valence-corrected chi connectivity index (χ4v) is 10.3. The molecule has 0 aliphatic carbocycles. The summed E-state index contributed by atoms with van der Waals surface area (Å²) in [6, 6.07) is 81.0. The van der Waals surface area contributed by atoms with Crippen LogP contribution in [-0.4, -0.2) is 24.1 Å². The van der Waals surface area contributed by atoms with Crippen LogP contribution >= 0.6 is 0 Å². The summed E-state index contributed by atoms with van der Waals surface area (Å²) < 4.78 is 4.57. The van der Waals surface area contributed by atoms with Crippen LogP contribution in [0.3, 0.4) is 0 Å². The Morgan fingerprint density at radius 3 is 1.38 bits per heavy atom. The first-order chi connectivity index (χ1) is 35.6. The highest BCUT2D eigenvalue weighted by atomic mass is 15.1. The van der Waals surface area contributed by atoms with Crippen LogP contribution in [0.1, 0.15) is 0 Å². The Hall–Kier alpha value is -10.2. The Balaban J connectivity index is 1.09. The number of hydrogen-bond acceptors (Lipinski definition) is 3. The predicted octanol–water partition coefficient (Wildman–Crippen LogP) is 17.2. The third kappa shape index (κ3) is 7.08. The number of aromatic nitrogens is 5. The Morgan fingerprint density at radius 2 is 0.778 bits per heavy atom. The second-order valence-corrected chi connectivity index (χ2v) is 17.7. The van der Waals surface area contributed by atoms with Crippen molar-refractivity contribution < 1.29 is 0 Å². The summed E-state index contributed by atoms with van der Waals surface area (Å²) in [7, 11) is 0. The zero-order chi connectivity index (χ0) is 48.1. The molecule has 0 aliphatic heterocycles. The second-order valence-electron chi connectivity index (χ2n) is 17.7. The van der Waals surface area contributed by atoms with E-state index in [4.69, 9.17) is 28.1 Å². The molecule has 13 aromatic rings.